The molecule has 6 nitrogen and oxygen atoms in total. The van der Waals surface area contributed by atoms with Crippen LogP contribution in [0.4, 0.5) is 0 Å². The number of carbonyl (C=O) groups is 2. The first-order chi connectivity index (χ1) is 13.1. The zero-order chi connectivity index (χ0) is 19.2. The normalized spacial score (nSPS) is 15.5. The van der Waals surface area contributed by atoms with Crippen molar-refractivity contribution in [3.63, 3.8) is 0 Å². The van der Waals surface area contributed by atoms with E-state index in [4.69, 9.17) is 11.6 Å². The van der Waals surface area contributed by atoms with Crippen LogP contribution >= 0.6 is 11.6 Å². The van der Waals surface area contributed by atoms with Gasteiger partial charge in [-0.1, -0.05) is 37.1 Å². The van der Waals surface area contributed by atoms with Crippen LogP contribution in [0.25, 0.3) is 0 Å². The van der Waals surface area contributed by atoms with E-state index in [9.17, 15) is 9.59 Å². The molecule has 0 radical (unpaired) electrons. The molecule has 1 saturated carbocycles. The first-order valence-corrected chi connectivity index (χ1v) is 9.88. The first-order valence-electron chi connectivity index (χ1n) is 9.34. The summed E-state index contributed by atoms with van der Waals surface area (Å²) < 4.78 is 1.87. The molecule has 0 spiro atoms. The summed E-state index contributed by atoms with van der Waals surface area (Å²) in [5.41, 5.74) is 2.61. The van der Waals surface area contributed by atoms with Gasteiger partial charge in [0.15, 0.2) is 0 Å². The van der Waals surface area contributed by atoms with Crippen molar-refractivity contribution < 1.29 is 9.59 Å². The van der Waals surface area contributed by atoms with E-state index >= 15 is 0 Å². The van der Waals surface area contributed by atoms with E-state index in [0.29, 0.717) is 18.3 Å². The average Bonchev–Trinajstić information content (AvgIpc) is 3.37. The Morgan fingerprint density at radius 1 is 1.22 bits per heavy atom. The Hall–Kier alpha value is -2.34. The molecule has 7 heteroatoms. The molecule has 0 bridgehead atoms. The Kier molecular flexibility index (Phi) is 6.50. The Morgan fingerprint density at radius 3 is 2.59 bits per heavy atom. The van der Waals surface area contributed by atoms with Crippen LogP contribution in [-0.2, 0) is 11.3 Å². The molecule has 1 aliphatic rings. The van der Waals surface area contributed by atoms with E-state index < -0.39 is 0 Å². The van der Waals surface area contributed by atoms with Gasteiger partial charge in [0.25, 0.3) is 5.91 Å². The zero-order valence-electron chi connectivity index (χ0n) is 15.5. The van der Waals surface area contributed by atoms with Crippen molar-refractivity contribution in [2.45, 2.75) is 51.2 Å². The summed E-state index contributed by atoms with van der Waals surface area (Å²) in [5, 5.41) is 10.1. The molecule has 1 fully saturated rings. The maximum absolute atomic E-state index is 12.6. The van der Waals surface area contributed by atoms with Crippen LogP contribution in [0.3, 0.4) is 0 Å². The fourth-order valence-electron chi connectivity index (χ4n) is 3.49. The second kappa shape index (κ2) is 9.04. The molecule has 1 aromatic heterocycles. The van der Waals surface area contributed by atoms with Crippen LogP contribution in [0.1, 0.15) is 66.3 Å². The SMILES string of the molecule is CC(NC(=O)CCl)c1ccc(CNC(=O)c2ccnn2C2CCCC2)cc1. The van der Waals surface area contributed by atoms with Gasteiger partial charge in [-0.2, -0.15) is 5.10 Å². The molecule has 1 aliphatic carbocycles. The predicted octanol–water partition coefficient (Wildman–Crippen LogP) is 3.34. The van der Waals surface area contributed by atoms with E-state index in [0.717, 1.165) is 24.0 Å². The van der Waals surface area contributed by atoms with E-state index in [-0.39, 0.29) is 23.7 Å². The van der Waals surface area contributed by atoms with Crippen molar-refractivity contribution in [2.75, 3.05) is 5.88 Å². The number of amides is 2. The number of hydrogen-bond acceptors (Lipinski definition) is 3. The molecule has 0 saturated heterocycles. The molecule has 2 amide bonds. The number of carbonyl (C=O) groups excluding carboxylic acids is 2. The van der Waals surface area contributed by atoms with Gasteiger partial charge >= 0.3 is 0 Å². The smallest absolute Gasteiger partial charge is 0.269 e. The molecule has 2 N–H and O–H groups in total. The standard InChI is InChI=1S/C20H25ClN4O2/c1-14(24-19(26)12-21)16-8-6-15(7-9-16)13-22-20(27)18-10-11-23-25(18)17-4-2-3-5-17/h6-11,14,17H,2-5,12-13H2,1H3,(H,22,27)(H,24,26). The van der Waals surface area contributed by atoms with Crippen LogP contribution in [0, 0.1) is 0 Å². The average molecular weight is 389 g/mol. The minimum atomic E-state index is -0.195. The van der Waals surface area contributed by atoms with E-state index in [1.54, 1.807) is 12.3 Å². The highest BCUT2D eigenvalue weighted by molar-refractivity contribution is 6.27. The van der Waals surface area contributed by atoms with Crippen molar-refractivity contribution in [3.8, 4) is 0 Å². The summed E-state index contributed by atoms with van der Waals surface area (Å²) in [5.74, 6) is -0.350. The van der Waals surface area contributed by atoms with E-state index in [2.05, 4.69) is 15.7 Å². The third-order valence-corrected chi connectivity index (χ3v) is 5.25. The fourth-order valence-corrected chi connectivity index (χ4v) is 3.57. The van der Waals surface area contributed by atoms with Gasteiger partial charge in [0, 0.05) is 12.7 Å². The molecule has 144 valence electrons. The fraction of sp³-hybridized carbons (Fsp3) is 0.450. The van der Waals surface area contributed by atoms with Gasteiger partial charge in [-0.05, 0) is 37.0 Å². The highest BCUT2D eigenvalue weighted by Crippen LogP contribution is 2.29. The van der Waals surface area contributed by atoms with Crippen LogP contribution in [-0.4, -0.2) is 27.5 Å². The maximum Gasteiger partial charge on any atom is 0.269 e. The largest absolute Gasteiger partial charge is 0.349 e. The molecule has 1 aromatic carbocycles. The van der Waals surface area contributed by atoms with Gasteiger partial charge in [0.1, 0.15) is 11.6 Å². The molecule has 1 heterocycles. The number of benzene rings is 1. The number of nitrogens with zero attached hydrogens (tertiary/aromatic N) is 2. The van der Waals surface area contributed by atoms with Crippen molar-refractivity contribution in [3.05, 3.63) is 53.3 Å². The molecule has 2 aromatic rings. The molecule has 0 aliphatic heterocycles. The maximum atomic E-state index is 12.6. The van der Waals surface area contributed by atoms with Gasteiger partial charge in [0.05, 0.1) is 12.1 Å². The lowest BCUT2D eigenvalue weighted by Crippen LogP contribution is -2.28. The number of rotatable bonds is 7. The number of alkyl halides is 1. The summed E-state index contributed by atoms with van der Waals surface area (Å²) in [6, 6.07) is 9.80. The third-order valence-electron chi connectivity index (χ3n) is 5.01. The summed E-state index contributed by atoms with van der Waals surface area (Å²) in [6.07, 6.45) is 6.26. The minimum absolute atomic E-state index is 0.0497. The number of aromatic nitrogens is 2. The van der Waals surface area contributed by atoms with Crippen LogP contribution < -0.4 is 10.6 Å². The molecule has 27 heavy (non-hydrogen) atoms. The predicted molar refractivity (Wildman–Crippen MR) is 105 cm³/mol. The Balaban J connectivity index is 1.56. The highest BCUT2D eigenvalue weighted by atomic mass is 35.5. The monoisotopic (exact) mass is 388 g/mol. The van der Waals surface area contributed by atoms with E-state index in [1.807, 2.05) is 35.9 Å². The van der Waals surface area contributed by atoms with Gasteiger partial charge in [-0.3, -0.25) is 14.3 Å². The quantitative estimate of drug-likeness (QED) is 0.714. The van der Waals surface area contributed by atoms with E-state index in [1.165, 1.54) is 12.8 Å². The molecular weight excluding hydrogens is 364 g/mol. The second-order valence-corrected chi connectivity index (χ2v) is 7.21. The van der Waals surface area contributed by atoms with Crippen LogP contribution in [0.2, 0.25) is 0 Å². The highest BCUT2D eigenvalue weighted by Gasteiger charge is 2.22. The Labute approximate surface area is 164 Å². The van der Waals surface area contributed by atoms with Crippen molar-refractivity contribution in [1.82, 2.24) is 20.4 Å². The Morgan fingerprint density at radius 2 is 1.93 bits per heavy atom. The number of nitrogens with one attached hydrogen (secondary N) is 2. The van der Waals surface area contributed by atoms with Crippen molar-refractivity contribution in [2.24, 2.45) is 0 Å². The zero-order valence-corrected chi connectivity index (χ0v) is 16.2. The molecule has 3 rings (SSSR count). The van der Waals surface area contributed by atoms with Gasteiger partial charge in [0.2, 0.25) is 5.91 Å². The summed E-state index contributed by atoms with van der Waals surface area (Å²) in [7, 11) is 0. The third kappa shape index (κ3) is 4.89. The molecule has 1 atom stereocenters. The lowest BCUT2D eigenvalue weighted by Gasteiger charge is -2.15. The summed E-state index contributed by atoms with van der Waals surface area (Å²) in [6.45, 7) is 2.35. The second-order valence-electron chi connectivity index (χ2n) is 6.95. The van der Waals surface area contributed by atoms with Crippen LogP contribution in [0.15, 0.2) is 36.5 Å². The van der Waals surface area contributed by atoms with Gasteiger partial charge in [-0.15, -0.1) is 11.6 Å². The summed E-state index contributed by atoms with van der Waals surface area (Å²) in [4.78, 5) is 23.9. The molecule has 1 unspecified atom stereocenters. The van der Waals surface area contributed by atoms with Gasteiger partial charge in [-0.25, -0.2) is 0 Å². The lowest BCUT2D eigenvalue weighted by atomic mass is 10.1. The van der Waals surface area contributed by atoms with Crippen molar-refractivity contribution >= 4 is 23.4 Å². The summed E-state index contributed by atoms with van der Waals surface area (Å²) >= 11 is 5.52. The topological polar surface area (TPSA) is 76.0 Å². The number of hydrogen-bond donors (Lipinski definition) is 2. The first kappa shape index (κ1) is 19.4. The number of halogens is 1. The molecular formula is C20H25ClN4O2. The van der Waals surface area contributed by atoms with Gasteiger partial charge < -0.3 is 10.6 Å². The van der Waals surface area contributed by atoms with Crippen molar-refractivity contribution in [1.29, 1.82) is 0 Å². The Bertz CT molecular complexity index is 782. The van der Waals surface area contributed by atoms with Crippen LogP contribution in [0.5, 0.6) is 0 Å². The minimum Gasteiger partial charge on any atom is -0.349 e. The lowest BCUT2D eigenvalue weighted by molar-refractivity contribution is -0.119.